The van der Waals surface area contributed by atoms with Crippen molar-refractivity contribution in [3.8, 4) is 0 Å². The fraction of sp³-hybridized carbons (Fsp3) is 0.611. The number of aliphatic hydroxyl groups is 1. The summed E-state index contributed by atoms with van der Waals surface area (Å²) in [6.45, 7) is 8.95. The second kappa shape index (κ2) is 8.79. The Kier molecular flexibility index (Phi) is 7.39. The quantitative estimate of drug-likeness (QED) is 0.645. The molecular formula is C18H30N2O2. The number of amides is 2. The van der Waals surface area contributed by atoms with Gasteiger partial charge in [0.05, 0.1) is 6.04 Å². The van der Waals surface area contributed by atoms with E-state index >= 15 is 0 Å². The number of urea groups is 1. The van der Waals surface area contributed by atoms with Crippen molar-refractivity contribution in [3.63, 3.8) is 0 Å². The highest BCUT2D eigenvalue weighted by atomic mass is 16.3. The van der Waals surface area contributed by atoms with Gasteiger partial charge in [-0.1, -0.05) is 45.0 Å². The van der Waals surface area contributed by atoms with Crippen LogP contribution in [0.2, 0.25) is 0 Å². The second-order valence-corrected chi connectivity index (χ2v) is 6.64. The molecule has 0 aliphatic carbocycles. The third-order valence-electron chi connectivity index (χ3n) is 3.98. The van der Waals surface area contributed by atoms with Gasteiger partial charge in [0.1, 0.15) is 0 Å². The molecule has 1 aromatic carbocycles. The normalized spacial score (nSPS) is 12.8. The summed E-state index contributed by atoms with van der Waals surface area (Å²) in [5, 5.41) is 15.0. The number of rotatable bonds is 8. The average Bonchev–Trinajstić information content (AvgIpc) is 2.51. The van der Waals surface area contributed by atoms with Crippen LogP contribution >= 0.6 is 0 Å². The van der Waals surface area contributed by atoms with E-state index in [0.29, 0.717) is 6.54 Å². The number of aryl methyl sites for hydroxylation is 1. The predicted octanol–water partition coefficient (Wildman–Crippen LogP) is 3.41. The number of benzene rings is 1. The Hall–Kier alpha value is -1.55. The van der Waals surface area contributed by atoms with Crippen molar-refractivity contribution < 1.29 is 9.90 Å². The summed E-state index contributed by atoms with van der Waals surface area (Å²) in [5.41, 5.74) is 2.33. The molecule has 2 amide bonds. The molecule has 4 nitrogen and oxygen atoms in total. The monoisotopic (exact) mass is 306 g/mol. The first-order valence-electron chi connectivity index (χ1n) is 8.12. The molecule has 1 rings (SSSR count). The van der Waals surface area contributed by atoms with Crippen LogP contribution in [0.4, 0.5) is 4.79 Å². The highest BCUT2D eigenvalue weighted by molar-refractivity contribution is 5.74. The maximum absolute atomic E-state index is 11.9. The van der Waals surface area contributed by atoms with Gasteiger partial charge in [0.15, 0.2) is 0 Å². The van der Waals surface area contributed by atoms with Crippen molar-refractivity contribution in [2.24, 2.45) is 5.41 Å². The van der Waals surface area contributed by atoms with Crippen molar-refractivity contribution >= 4 is 6.03 Å². The summed E-state index contributed by atoms with van der Waals surface area (Å²) in [5.74, 6) is 0. The molecule has 1 atom stereocenters. The topological polar surface area (TPSA) is 61.4 Å². The lowest BCUT2D eigenvalue weighted by atomic mass is 9.89. The molecule has 0 saturated heterocycles. The van der Waals surface area contributed by atoms with Gasteiger partial charge in [0.25, 0.3) is 0 Å². The summed E-state index contributed by atoms with van der Waals surface area (Å²) >= 11 is 0. The molecule has 4 heteroatoms. The van der Waals surface area contributed by atoms with Crippen molar-refractivity contribution in [2.75, 3.05) is 13.2 Å². The summed E-state index contributed by atoms with van der Waals surface area (Å²) < 4.78 is 0. The van der Waals surface area contributed by atoms with E-state index in [-0.39, 0.29) is 24.1 Å². The summed E-state index contributed by atoms with van der Waals surface area (Å²) in [6.07, 6.45) is 2.77. The fourth-order valence-corrected chi connectivity index (χ4v) is 2.22. The number of nitrogens with one attached hydrogen (secondary N) is 2. The standard InChI is InChI=1S/C18H30N2O2/c1-5-15-7-9-16(10-8-15)14(2)20-17(22)19-12-6-11-18(3,4)13-21/h7-10,14,21H,5-6,11-13H2,1-4H3,(H2,19,20,22). The summed E-state index contributed by atoms with van der Waals surface area (Å²) in [7, 11) is 0. The minimum Gasteiger partial charge on any atom is -0.396 e. The first-order valence-corrected chi connectivity index (χ1v) is 8.12. The predicted molar refractivity (Wildman–Crippen MR) is 90.9 cm³/mol. The first-order chi connectivity index (χ1) is 10.4. The van der Waals surface area contributed by atoms with Gasteiger partial charge in [-0.05, 0) is 42.7 Å². The molecule has 3 N–H and O–H groups in total. The molecule has 0 aliphatic heterocycles. The lowest BCUT2D eigenvalue weighted by Crippen LogP contribution is -2.37. The Morgan fingerprint density at radius 2 is 1.91 bits per heavy atom. The van der Waals surface area contributed by atoms with Crippen molar-refractivity contribution in [3.05, 3.63) is 35.4 Å². The van der Waals surface area contributed by atoms with Crippen LogP contribution in [0.1, 0.15) is 57.7 Å². The van der Waals surface area contributed by atoms with Crippen molar-refractivity contribution in [1.82, 2.24) is 10.6 Å². The van der Waals surface area contributed by atoms with Crippen LogP contribution in [0.5, 0.6) is 0 Å². The van der Waals surface area contributed by atoms with E-state index in [4.69, 9.17) is 0 Å². The number of hydrogen-bond donors (Lipinski definition) is 3. The molecule has 0 bridgehead atoms. The Morgan fingerprint density at radius 1 is 1.27 bits per heavy atom. The van der Waals surface area contributed by atoms with E-state index in [2.05, 4.69) is 41.8 Å². The van der Waals surface area contributed by atoms with Crippen LogP contribution < -0.4 is 10.6 Å². The Bertz CT molecular complexity index is 455. The highest BCUT2D eigenvalue weighted by Crippen LogP contribution is 2.20. The molecule has 22 heavy (non-hydrogen) atoms. The minimum atomic E-state index is -0.145. The van der Waals surface area contributed by atoms with Crippen LogP contribution in [0.25, 0.3) is 0 Å². The van der Waals surface area contributed by atoms with Crippen molar-refractivity contribution in [1.29, 1.82) is 0 Å². The van der Waals surface area contributed by atoms with E-state index in [1.165, 1.54) is 5.56 Å². The molecule has 1 aromatic rings. The fourth-order valence-electron chi connectivity index (χ4n) is 2.22. The number of hydrogen-bond acceptors (Lipinski definition) is 2. The molecule has 0 heterocycles. The van der Waals surface area contributed by atoms with Crippen LogP contribution in [0, 0.1) is 5.41 Å². The van der Waals surface area contributed by atoms with Gasteiger partial charge in [-0.2, -0.15) is 0 Å². The lowest BCUT2D eigenvalue weighted by molar-refractivity contribution is 0.148. The van der Waals surface area contributed by atoms with Crippen LogP contribution in [-0.2, 0) is 6.42 Å². The molecule has 0 fully saturated rings. The Balaban J connectivity index is 2.31. The number of carbonyl (C=O) groups excluding carboxylic acids is 1. The van der Waals surface area contributed by atoms with Gasteiger partial charge >= 0.3 is 6.03 Å². The van der Waals surface area contributed by atoms with Crippen LogP contribution in [0.15, 0.2) is 24.3 Å². The number of carbonyl (C=O) groups is 1. The maximum Gasteiger partial charge on any atom is 0.315 e. The van der Waals surface area contributed by atoms with Gasteiger partial charge in [-0.25, -0.2) is 4.79 Å². The smallest absolute Gasteiger partial charge is 0.315 e. The molecule has 0 aliphatic rings. The van der Waals surface area contributed by atoms with Gasteiger partial charge in [0, 0.05) is 13.2 Å². The zero-order valence-electron chi connectivity index (χ0n) is 14.3. The van der Waals surface area contributed by atoms with E-state index in [9.17, 15) is 9.90 Å². The molecule has 0 saturated carbocycles. The highest BCUT2D eigenvalue weighted by Gasteiger charge is 2.15. The molecular weight excluding hydrogens is 276 g/mol. The van der Waals surface area contributed by atoms with Gasteiger partial charge < -0.3 is 15.7 Å². The molecule has 0 radical (unpaired) electrons. The third kappa shape index (κ3) is 6.48. The van der Waals surface area contributed by atoms with Gasteiger partial charge in [-0.15, -0.1) is 0 Å². The molecule has 0 spiro atoms. The maximum atomic E-state index is 11.9. The van der Waals surface area contributed by atoms with Gasteiger partial charge in [0.2, 0.25) is 0 Å². The van der Waals surface area contributed by atoms with Crippen LogP contribution in [0.3, 0.4) is 0 Å². The Morgan fingerprint density at radius 3 is 2.45 bits per heavy atom. The zero-order chi connectivity index (χ0) is 16.6. The van der Waals surface area contributed by atoms with E-state index < -0.39 is 0 Å². The largest absolute Gasteiger partial charge is 0.396 e. The van der Waals surface area contributed by atoms with E-state index in [0.717, 1.165) is 24.8 Å². The average molecular weight is 306 g/mol. The number of aliphatic hydroxyl groups excluding tert-OH is 1. The summed E-state index contributed by atoms with van der Waals surface area (Å²) in [4.78, 5) is 11.9. The molecule has 1 unspecified atom stereocenters. The Labute approximate surface area is 134 Å². The summed E-state index contributed by atoms with van der Waals surface area (Å²) in [6, 6.07) is 8.17. The zero-order valence-corrected chi connectivity index (χ0v) is 14.3. The van der Waals surface area contributed by atoms with Crippen molar-refractivity contribution in [2.45, 2.75) is 53.0 Å². The first kappa shape index (κ1) is 18.5. The third-order valence-corrected chi connectivity index (χ3v) is 3.98. The lowest BCUT2D eigenvalue weighted by Gasteiger charge is -2.21. The molecule has 0 aromatic heterocycles. The van der Waals surface area contributed by atoms with E-state index in [1.54, 1.807) is 0 Å². The van der Waals surface area contributed by atoms with E-state index in [1.807, 2.05) is 20.8 Å². The SMILES string of the molecule is CCc1ccc(C(C)NC(=O)NCCCC(C)(C)CO)cc1. The van der Waals surface area contributed by atoms with Gasteiger partial charge in [-0.3, -0.25) is 0 Å². The van der Waals surface area contributed by atoms with Crippen LogP contribution in [-0.4, -0.2) is 24.3 Å². The molecule has 124 valence electrons. The minimum absolute atomic E-state index is 0.0141. The second-order valence-electron chi connectivity index (χ2n) is 6.64.